The third-order valence-electron chi connectivity index (χ3n) is 5.12. The quantitative estimate of drug-likeness (QED) is 0.730. The third kappa shape index (κ3) is 2.76. The maximum absolute atomic E-state index is 12.4. The highest BCUT2D eigenvalue weighted by Gasteiger charge is 2.36. The Balaban J connectivity index is 1.47. The highest BCUT2D eigenvalue weighted by atomic mass is 16.5. The summed E-state index contributed by atoms with van der Waals surface area (Å²) in [6.07, 6.45) is 7.50. The molecule has 26 heavy (non-hydrogen) atoms. The molecular formula is C20H20N4O2. The summed E-state index contributed by atoms with van der Waals surface area (Å²) in [7, 11) is 0. The number of hydrogen-bond donors (Lipinski definition) is 0. The molecule has 6 heteroatoms. The number of pyridine rings is 2. The zero-order valence-corrected chi connectivity index (χ0v) is 14.4. The van der Waals surface area contributed by atoms with Crippen molar-refractivity contribution in [2.75, 3.05) is 19.7 Å². The predicted octanol–water partition coefficient (Wildman–Crippen LogP) is 2.71. The Morgan fingerprint density at radius 3 is 2.81 bits per heavy atom. The molecule has 2 aliphatic rings. The van der Waals surface area contributed by atoms with Crippen LogP contribution in [0.25, 0.3) is 16.9 Å². The molecule has 0 spiro atoms. The van der Waals surface area contributed by atoms with Crippen molar-refractivity contribution in [3.8, 4) is 11.3 Å². The van der Waals surface area contributed by atoms with Gasteiger partial charge in [0.25, 0.3) is 0 Å². The molecular weight excluding hydrogens is 328 g/mol. The van der Waals surface area contributed by atoms with Crippen LogP contribution in [0.4, 0.5) is 0 Å². The zero-order valence-electron chi connectivity index (χ0n) is 14.4. The fourth-order valence-electron chi connectivity index (χ4n) is 3.56. The van der Waals surface area contributed by atoms with Crippen molar-refractivity contribution >= 4 is 11.6 Å². The van der Waals surface area contributed by atoms with Gasteiger partial charge in [0, 0.05) is 36.6 Å². The number of aromatic nitrogens is 3. The van der Waals surface area contributed by atoms with Gasteiger partial charge in [-0.05, 0) is 37.1 Å². The highest BCUT2D eigenvalue weighted by molar-refractivity contribution is 5.81. The molecule has 2 fully saturated rings. The Bertz CT molecular complexity index is 949. The average molecular weight is 348 g/mol. The molecule has 0 bridgehead atoms. The van der Waals surface area contributed by atoms with Gasteiger partial charge in [0.2, 0.25) is 5.91 Å². The lowest BCUT2D eigenvalue weighted by molar-refractivity contribution is -0.140. The largest absolute Gasteiger partial charge is 0.368 e. The monoisotopic (exact) mass is 348 g/mol. The summed E-state index contributed by atoms with van der Waals surface area (Å²) in [5.74, 6) is 0.521. The number of hydrogen-bond acceptors (Lipinski definition) is 4. The Morgan fingerprint density at radius 2 is 2.00 bits per heavy atom. The molecule has 1 saturated carbocycles. The second-order valence-corrected chi connectivity index (χ2v) is 6.96. The first-order valence-electron chi connectivity index (χ1n) is 9.08. The van der Waals surface area contributed by atoms with Crippen LogP contribution in [0, 0.1) is 5.92 Å². The van der Waals surface area contributed by atoms with E-state index in [4.69, 9.17) is 9.72 Å². The van der Waals surface area contributed by atoms with Gasteiger partial charge in [-0.3, -0.25) is 14.2 Å². The summed E-state index contributed by atoms with van der Waals surface area (Å²) >= 11 is 0. The van der Waals surface area contributed by atoms with Crippen LogP contribution in [-0.2, 0) is 9.53 Å². The second kappa shape index (κ2) is 6.21. The molecule has 132 valence electrons. The third-order valence-corrected chi connectivity index (χ3v) is 5.12. The van der Waals surface area contributed by atoms with Crippen LogP contribution in [0.5, 0.6) is 0 Å². The lowest BCUT2D eigenvalue weighted by atomic mass is 10.2. The first-order chi connectivity index (χ1) is 12.8. The molecule has 4 heterocycles. The second-order valence-electron chi connectivity index (χ2n) is 6.96. The summed E-state index contributed by atoms with van der Waals surface area (Å²) in [4.78, 5) is 23.2. The highest BCUT2D eigenvalue weighted by Crippen LogP contribution is 2.33. The molecule has 0 unspecified atom stereocenters. The molecule has 6 nitrogen and oxygen atoms in total. The van der Waals surface area contributed by atoms with Gasteiger partial charge in [0.15, 0.2) is 0 Å². The van der Waals surface area contributed by atoms with Crippen molar-refractivity contribution in [2.45, 2.75) is 18.9 Å². The zero-order chi connectivity index (χ0) is 17.5. The topological polar surface area (TPSA) is 59.7 Å². The summed E-state index contributed by atoms with van der Waals surface area (Å²) in [6.45, 7) is 1.83. The molecule has 3 aromatic heterocycles. The number of fused-ring (bicyclic) bond motifs is 1. The molecule has 0 radical (unpaired) electrons. The summed E-state index contributed by atoms with van der Waals surface area (Å²) in [5.41, 5.74) is 3.90. The Hall–Kier alpha value is -2.73. The Labute approximate surface area is 151 Å². The molecule has 0 aromatic carbocycles. The minimum absolute atomic E-state index is 0.170. The van der Waals surface area contributed by atoms with E-state index < -0.39 is 0 Å². The number of carbonyl (C=O) groups excluding carboxylic acids is 1. The number of imidazole rings is 1. The van der Waals surface area contributed by atoms with E-state index in [-0.39, 0.29) is 17.9 Å². The van der Waals surface area contributed by atoms with Gasteiger partial charge in [-0.15, -0.1) is 0 Å². The van der Waals surface area contributed by atoms with Crippen LogP contribution in [-0.4, -0.2) is 44.9 Å². The Morgan fingerprint density at radius 1 is 1.15 bits per heavy atom. The SMILES string of the molecule is O=C(C1CC1)N1CCO[C@@H](c2cn3c(-c4ccncc4)cccc3n2)C1. The number of rotatable bonds is 3. The van der Waals surface area contributed by atoms with Crippen molar-refractivity contribution < 1.29 is 9.53 Å². The van der Waals surface area contributed by atoms with E-state index in [1.54, 1.807) is 12.4 Å². The summed E-state index contributed by atoms with van der Waals surface area (Å²) < 4.78 is 8.02. The van der Waals surface area contributed by atoms with Crippen LogP contribution in [0.3, 0.4) is 0 Å². The number of morpholine rings is 1. The molecule has 1 atom stereocenters. The molecule has 1 saturated heterocycles. The molecule has 0 N–H and O–H groups in total. The van der Waals surface area contributed by atoms with Gasteiger partial charge in [0.1, 0.15) is 11.8 Å². The van der Waals surface area contributed by atoms with Crippen LogP contribution in [0.1, 0.15) is 24.6 Å². The normalized spacial score (nSPS) is 20.5. The van der Waals surface area contributed by atoms with Gasteiger partial charge in [0.05, 0.1) is 24.5 Å². The number of amides is 1. The average Bonchev–Trinajstić information content (AvgIpc) is 3.46. The number of carbonyl (C=O) groups is 1. The minimum atomic E-state index is -0.170. The van der Waals surface area contributed by atoms with E-state index in [9.17, 15) is 4.79 Å². The smallest absolute Gasteiger partial charge is 0.225 e. The fourth-order valence-corrected chi connectivity index (χ4v) is 3.56. The number of nitrogens with zero attached hydrogens (tertiary/aromatic N) is 4. The van der Waals surface area contributed by atoms with E-state index in [2.05, 4.69) is 15.5 Å². The molecule has 5 rings (SSSR count). The van der Waals surface area contributed by atoms with Crippen LogP contribution in [0.15, 0.2) is 48.9 Å². The molecule has 1 aliphatic heterocycles. The van der Waals surface area contributed by atoms with Crippen LogP contribution >= 0.6 is 0 Å². The first-order valence-corrected chi connectivity index (χ1v) is 9.08. The molecule has 3 aromatic rings. The molecule has 1 amide bonds. The van der Waals surface area contributed by atoms with Crippen LogP contribution in [0.2, 0.25) is 0 Å². The number of ether oxygens (including phenoxy) is 1. The molecule has 1 aliphatic carbocycles. The van der Waals surface area contributed by atoms with E-state index >= 15 is 0 Å². The summed E-state index contributed by atoms with van der Waals surface area (Å²) in [6, 6.07) is 10.0. The van der Waals surface area contributed by atoms with E-state index in [1.807, 2.05) is 35.4 Å². The lowest BCUT2D eigenvalue weighted by Crippen LogP contribution is -2.43. The first kappa shape index (κ1) is 15.5. The van der Waals surface area contributed by atoms with E-state index in [1.165, 1.54) is 0 Å². The van der Waals surface area contributed by atoms with Crippen molar-refractivity contribution in [2.24, 2.45) is 5.92 Å². The van der Waals surface area contributed by atoms with E-state index in [0.29, 0.717) is 19.7 Å². The van der Waals surface area contributed by atoms with Gasteiger partial charge < -0.3 is 9.64 Å². The van der Waals surface area contributed by atoms with Crippen molar-refractivity contribution in [3.63, 3.8) is 0 Å². The van der Waals surface area contributed by atoms with E-state index in [0.717, 1.165) is 35.4 Å². The van der Waals surface area contributed by atoms with Gasteiger partial charge in [-0.25, -0.2) is 4.98 Å². The lowest BCUT2D eigenvalue weighted by Gasteiger charge is -2.32. The van der Waals surface area contributed by atoms with Gasteiger partial charge in [-0.2, -0.15) is 0 Å². The van der Waals surface area contributed by atoms with Crippen LogP contribution < -0.4 is 0 Å². The maximum Gasteiger partial charge on any atom is 0.225 e. The van der Waals surface area contributed by atoms with Gasteiger partial charge >= 0.3 is 0 Å². The van der Waals surface area contributed by atoms with Crippen molar-refractivity contribution in [1.82, 2.24) is 19.3 Å². The minimum Gasteiger partial charge on any atom is -0.368 e. The van der Waals surface area contributed by atoms with Crippen molar-refractivity contribution in [3.05, 3.63) is 54.6 Å². The van der Waals surface area contributed by atoms with Crippen molar-refractivity contribution in [1.29, 1.82) is 0 Å². The standard InChI is InChI=1S/C20H20N4O2/c25-20(15-4-5-15)23-10-11-26-18(13-23)16-12-24-17(2-1-3-19(24)22-16)14-6-8-21-9-7-14/h1-3,6-9,12,15,18H,4-5,10-11,13H2/t18-/m1/s1. The fraction of sp³-hybridized carbons (Fsp3) is 0.350. The van der Waals surface area contributed by atoms with Gasteiger partial charge in [-0.1, -0.05) is 6.07 Å². The maximum atomic E-state index is 12.4. The Kier molecular flexibility index (Phi) is 3.71. The predicted molar refractivity (Wildman–Crippen MR) is 96.4 cm³/mol. The summed E-state index contributed by atoms with van der Waals surface area (Å²) in [5, 5.41) is 0.